The molecule has 4 nitrogen and oxygen atoms in total. The number of pyridine rings is 1. The summed E-state index contributed by atoms with van der Waals surface area (Å²) in [5.74, 6) is 0. The predicted molar refractivity (Wildman–Crippen MR) is 62.2 cm³/mol. The van der Waals surface area contributed by atoms with Gasteiger partial charge in [0.25, 0.3) is 0 Å². The van der Waals surface area contributed by atoms with Gasteiger partial charge in [0, 0.05) is 23.0 Å². The molecular formula is C12H10N2O2. The average molecular weight is 214 g/mol. The Labute approximate surface area is 91.9 Å². The average Bonchev–Trinajstić information content (AvgIpc) is 2.30. The monoisotopic (exact) mass is 214 g/mol. The van der Waals surface area contributed by atoms with Gasteiger partial charge in [-0.25, -0.2) is 0 Å². The lowest BCUT2D eigenvalue weighted by Crippen LogP contribution is -2.03. The third-order valence-corrected chi connectivity index (χ3v) is 2.17. The number of anilines is 1. The first-order valence-electron chi connectivity index (χ1n) is 4.79. The van der Waals surface area contributed by atoms with Gasteiger partial charge in [0.2, 0.25) is 12.0 Å². The van der Waals surface area contributed by atoms with Crippen molar-refractivity contribution in [1.82, 2.24) is 4.98 Å². The summed E-state index contributed by atoms with van der Waals surface area (Å²) >= 11 is 0. The number of hydrogen-bond donors (Lipinski definition) is 2. The molecular weight excluding hydrogens is 204 g/mol. The highest BCUT2D eigenvalue weighted by molar-refractivity contribution is 5.74. The van der Waals surface area contributed by atoms with Gasteiger partial charge in [0.05, 0.1) is 0 Å². The molecule has 0 aliphatic heterocycles. The maximum Gasteiger partial charge on any atom is 0.248 e. The Balaban J connectivity index is 2.43. The van der Waals surface area contributed by atoms with Crippen molar-refractivity contribution in [1.29, 1.82) is 0 Å². The number of rotatable bonds is 3. The molecule has 0 bridgehead atoms. The van der Waals surface area contributed by atoms with E-state index in [0.29, 0.717) is 12.1 Å². The Bertz CT molecular complexity index is 561. The minimum absolute atomic E-state index is 0.147. The molecule has 0 aliphatic rings. The van der Waals surface area contributed by atoms with Crippen LogP contribution in [0.3, 0.4) is 0 Å². The van der Waals surface area contributed by atoms with Crippen molar-refractivity contribution in [3.05, 3.63) is 52.8 Å². The minimum atomic E-state index is -0.147. The summed E-state index contributed by atoms with van der Waals surface area (Å²) in [4.78, 5) is 24.2. The fraction of sp³-hybridized carbons (Fsp3) is 0. The minimum Gasteiger partial charge on any atom is -0.329 e. The van der Waals surface area contributed by atoms with E-state index in [1.165, 1.54) is 6.07 Å². The van der Waals surface area contributed by atoms with Crippen LogP contribution in [0.15, 0.2) is 47.3 Å². The molecule has 4 heteroatoms. The van der Waals surface area contributed by atoms with Gasteiger partial charge in [-0.3, -0.25) is 9.59 Å². The summed E-state index contributed by atoms with van der Waals surface area (Å²) in [5.41, 5.74) is 2.12. The second-order valence-electron chi connectivity index (χ2n) is 3.27. The molecule has 0 atom stereocenters. The van der Waals surface area contributed by atoms with E-state index in [4.69, 9.17) is 0 Å². The molecule has 0 saturated heterocycles. The van der Waals surface area contributed by atoms with Gasteiger partial charge in [-0.2, -0.15) is 0 Å². The number of aromatic amines is 1. The molecule has 1 aromatic carbocycles. The normalized spacial score (nSPS) is 9.75. The highest BCUT2D eigenvalue weighted by atomic mass is 16.1. The number of aromatic nitrogens is 1. The van der Waals surface area contributed by atoms with Gasteiger partial charge in [-0.1, -0.05) is 18.2 Å². The van der Waals surface area contributed by atoms with Gasteiger partial charge in [0.15, 0.2) is 0 Å². The standard InChI is InChI=1S/C12H10N2O2/c15-8-13-10-4-1-3-9(7-10)11-5-2-6-12(16)14-11/h1-8H,(H,13,15)(H,14,16). The number of nitrogens with one attached hydrogen (secondary N) is 2. The van der Waals surface area contributed by atoms with E-state index in [9.17, 15) is 9.59 Å². The largest absolute Gasteiger partial charge is 0.329 e. The zero-order valence-corrected chi connectivity index (χ0v) is 8.44. The summed E-state index contributed by atoms with van der Waals surface area (Å²) in [6, 6.07) is 12.2. The topological polar surface area (TPSA) is 62.0 Å². The summed E-state index contributed by atoms with van der Waals surface area (Å²) < 4.78 is 0. The van der Waals surface area contributed by atoms with Gasteiger partial charge < -0.3 is 10.3 Å². The van der Waals surface area contributed by atoms with Crippen molar-refractivity contribution in [3.8, 4) is 11.3 Å². The van der Waals surface area contributed by atoms with Gasteiger partial charge >= 0.3 is 0 Å². The van der Waals surface area contributed by atoms with Crippen LogP contribution in [0.25, 0.3) is 11.3 Å². The van der Waals surface area contributed by atoms with Crippen LogP contribution < -0.4 is 10.9 Å². The van der Waals surface area contributed by atoms with E-state index in [2.05, 4.69) is 10.3 Å². The molecule has 0 unspecified atom stereocenters. The molecule has 80 valence electrons. The van der Waals surface area contributed by atoms with Crippen molar-refractivity contribution >= 4 is 12.1 Å². The molecule has 2 N–H and O–H groups in total. The lowest BCUT2D eigenvalue weighted by Gasteiger charge is -2.03. The van der Waals surface area contributed by atoms with Crippen molar-refractivity contribution in [2.24, 2.45) is 0 Å². The Morgan fingerprint density at radius 2 is 1.94 bits per heavy atom. The summed E-state index contributed by atoms with van der Waals surface area (Å²) in [6.45, 7) is 0. The lowest BCUT2D eigenvalue weighted by atomic mass is 10.1. The third kappa shape index (κ3) is 2.17. The number of hydrogen-bond acceptors (Lipinski definition) is 2. The molecule has 1 aromatic heterocycles. The maximum absolute atomic E-state index is 11.1. The van der Waals surface area contributed by atoms with Gasteiger partial charge in [-0.05, 0) is 18.2 Å². The number of amides is 1. The summed E-state index contributed by atoms with van der Waals surface area (Å²) in [6.07, 6.45) is 0.618. The van der Waals surface area contributed by atoms with Crippen LogP contribution in [0.2, 0.25) is 0 Å². The molecule has 1 heterocycles. The van der Waals surface area contributed by atoms with Crippen LogP contribution in [0.5, 0.6) is 0 Å². The van der Waals surface area contributed by atoms with Crippen LogP contribution in [0, 0.1) is 0 Å². The van der Waals surface area contributed by atoms with Crippen molar-refractivity contribution in [3.63, 3.8) is 0 Å². The van der Waals surface area contributed by atoms with Crippen molar-refractivity contribution in [2.45, 2.75) is 0 Å². The van der Waals surface area contributed by atoms with E-state index >= 15 is 0 Å². The smallest absolute Gasteiger partial charge is 0.248 e. The molecule has 1 amide bonds. The van der Waals surface area contributed by atoms with E-state index in [0.717, 1.165) is 11.3 Å². The highest BCUT2D eigenvalue weighted by Crippen LogP contribution is 2.19. The van der Waals surface area contributed by atoms with Crippen LogP contribution in [0.4, 0.5) is 5.69 Å². The Morgan fingerprint density at radius 1 is 1.12 bits per heavy atom. The zero-order valence-electron chi connectivity index (χ0n) is 8.44. The Kier molecular flexibility index (Phi) is 2.82. The SMILES string of the molecule is O=CNc1cccc(-c2cccc(=O)[nH]2)c1. The first kappa shape index (κ1) is 10.2. The van der Waals surface area contributed by atoms with Gasteiger partial charge in [-0.15, -0.1) is 0 Å². The molecule has 0 radical (unpaired) electrons. The quantitative estimate of drug-likeness (QED) is 0.762. The van der Waals surface area contributed by atoms with Crippen LogP contribution >= 0.6 is 0 Å². The van der Waals surface area contributed by atoms with Gasteiger partial charge in [0.1, 0.15) is 0 Å². The summed E-state index contributed by atoms with van der Waals surface area (Å²) in [5, 5.41) is 2.56. The highest BCUT2D eigenvalue weighted by Gasteiger charge is 1.99. The molecule has 0 fully saturated rings. The number of benzene rings is 1. The summed E-state index contributed by atoms with van der Waals surface area (Å²) in [7, 11) is 0. The number of carbonyl (C=O) groups excluding carboxylic acids is 1. The fourth-order valence-corrected chi connectivity index (χ4v) is 1.46. The van der Waals surface area contributed by atoms with Crippen LogP contribution in [-0.2, 0) is 4.79 Å². The third-order valence-electron chi connectivity index (χ3n) is 2.17. The van der Waals surface area contributed by atoms with Crippen LogP contribution in [-0.4, -0.2) is 11.4 Å². The van der Waals surface area contributed by atoms with Crippen molar-refractivity contribution in [2.75, 3.05) is 5.32 Å². The first-order chi connectivity index (χ1) is 7.79. The van der Waals surface area contributed by atoms with E-state index in [1.54, 1.807) is 24.3 Å². The molecule has 0 spiro atoms. The molecule has 16 heavy (non-hydrogen) atoms. The molecule has 0 aliphatic carbocycles. The Hall–Kier alpha value is -2.36. The van der Waals surface area contributed by atoms with E-state index < -0.39 is 0 Å². The first-order valence-corrected chi connectivity index (χ1v) is 4.79. The predicted octanol–water partition coefficient (Wildman–Crippen LogP) is 1.61. The maximum atomic E-state index is 11.1. The van der Waals surface area contributed by atoms with E-state index in [-0.39, 0.29) is 5.56 Å². The molecule has 2 rings (SSSR count). The zero-order chi connectivity index (χ0) is 11.4. The molecule has 2 aromatic rings. The lowest BCUT2D eigenvalue weighted by molar-refractivity contribution is -0.105. The second-order valence-corrected chi connectivity index (χ2v) is 3.27. The second kappa shape index (κ2) is 4.44. The number of H-pyrrole nitrogens is 1. The fourth-order valence-electron chi connectivity index (χ4n) is 1.46. The Morgan fingerprint density at radius 3 is 2.69 bits per heavy atom. The number of carbonyl (C=O) groups is 1. The van der Waals surface area contributed by atoms with E-state index in [1.807, 2.05) is 12.1 Å². The van der Waals surface area contributed by atoms with Crippen LogP contribution in [0.1, 0.15) is 0 Å². The van der Waals surface area contributed by atoms with Crippen molar-refractivity contribution < 1.29 is 4.79 Å². The molecule has 0 saturated carbocycles.